The highest BCUT2D eigenvalue weighted by Crippen LogP contribution is 2.44. The molecule has 0 heterocycles. The topological polar surface area (TPSA) is 95.9 Å². The van der Waals surface area contributed by atoms with Crippen LogP contribution < -0.4 is 5.32 Å². The highest BCUT2D eigenvalue weighted by molar-refractivity contribution is 5.81. The van der Waals surface area contributed by atoms with E-state index in [-0.39, 0.29) is 44.0 Å². The molecule has 2 amide bonds. The third kappa shape index (κ3) is 5.28. The number of carbonyl (C=O) groups is 3. The van der Waals surface area contributed by atoms with Gasteiger partial charge in [-0.15, -0.1) is 0 Å². The predicted molar refractivity (Wildman–Crippen MR) is 121 cm³/mol. The van der Waals surface area contributed by atoms with Crippen molar-refractivity contribution in [3.63, 3.8) is 0 Å². The number of hydrogen-bond donors (Lipinski definition) is 2. The number of nitrogens with zero attached hydrogens (tertiary/aromatic N) is 1. The Morgan fingerprint density at radius 2 is 1.56 bits per heavy atom. The van der Waals surface area contributed by atoms with E-state index in [4.69, 9.17) is 9.84 Å². The second kappa shape index (κ2) is 10.3. The average molecular weight is 439 g/mol. The Balaban J connectivity index is 1.54. The molecule has 1 aliphatic carbocycles. The van der Waals surface area contributed by atoms with Gasteiger partial charge in [-0.05, 0) is 36.1 Å². The maximum Gasteiger partial charge on any atom is 0.407 e. The normalized spacial score (nSPS) is 13.2. The lowest BCUT2D eigenvalue weighted by molar-refractivity contribution is -0.140. The van der Waals surface area contributed by atoms with Crippen molar-refractivity contribution in [2.24, 2.45) is 5.92 Å². The molecule has 7 heteroatoms. The van der Waals surface area contributed by atoms with Crippen LogP contribution in [0.5, 0.6) is 0 Å². The van der Waals surface area contributed by atoms with Crippen LogP contribution >= 0.6 is 0 Å². The summed E-state index contributed by atoms with van der Waals surface area (Å²) in [6, 6.07) is 16.1. The SMILES string of the molecule is CC(CNC(=O)OCC1c2ccccc2-c2ccccc21)C(=O)N(CCC(=O)O)C(C)C. The predicted octanol–water partition coefficient (Wildman–Crippen LogP) is 3.87. The van der Waals surface area contributed by atoms with Crippen LogP contribution in [0.1, 0.15) is 44.2 Å². The average Bonchev–Trinajstić information content (AvgIpc) is 3.09. The maximum absolute atomic E-state index is 12.7. The standard InChI is InChI=1S/C25H30N2O5/c1-16(2)27(13-12-23(28)29)24(30)17(3)14-26-25(31)32-15-22-20-10-6-4-8-18(20)19-9-5-7-11-21(19)22/h4-11,16-17,22H,12-15H2,1-3H3,(H,26,31)(H,28,29). The summed E-state index contributed by atoms with van der Waals surface area (Å²) in [6.07, 6.45) is -0.690. The van der Waals surface area contributed by atoms with Gasteiger partial charge in [-0.1, -0.05) is 55.5 Å². The summed E-state index contributed by atoms with van der Waals surface area (Å²) in [6.45, 7) is 5.85. The first kappa shape index (κ1) is 23.3. The van der Waals surface area contributed by atoms with Crippen LogP contribution in [0.4, 0.5) is 4.79 Å². The number of nitrogens with one attached hydrogen (secondary N) is 1. The Bertz CT molecular complexity index is 942. The fourth-order valence-corrected chi connectivity index (χ4v) is 4.10. The van der Waals surface area contributed by atoms with Crippen LogP contribution in [0, 0.1) is 5.92 Å². The number of amides is 2. The van der Waals surface area contributed by atoms with Crippen LogP contribution in [-0.2, 0) is 14.3 Å². The molecule has 0 saturated carbocycles. The van der Waals surface area contributed by atoms with E-state index in [1.54, 1.807) is 6.92 Å². The first-order chi connectivity index (χ1) is 15.3. The summed E-state index contributed by atoms with van der Waals surface area (Å²) < 4.78 is 5.50. The van der Waals surface area contributed by atoms with Gasteiger partial charge in [0.15, 0.2) is 0 Å². The molecule has 3 rings (SSSR count). The summed E-state index contributed by atoms with van der Waals surface area (Å²) in [5, 5.41) is 11.6. The van der Waals surface area contributed by atoms with E-state index in [1.165, 1.54) is 4.90 Å². The van der Waals surface area contributed by atoms with Crippen LogP contribution in [0.3, 0.4) is 0 Å². The van der Waals surface area contributed by atoms with Crippen molar-refractivity contribution in [1.82, 2.24) is 10.2 Å². The molecule has 170 valence electrons. The van der Waals surface area contributed by atoms with Gasteiger partial charge in [0.2, 0.25) is 5.91 Å². The van der Waals surface area contributed by atoms with E-state index in [1.807, 2.05) is 38.1 Å². The van der Waals surface area contributed by atoms with Gasteiger partial charge < -0.3 is 20.1 Å². The molecule has 0 spiro atoms. The van der Waals surface area contributed by atoms with Crippen molar-refractivity contribution in [3.05, 3.63) is 59.7 Å². The van der Waals surface area contributed by atoms with Gasteiger partial charge in [0.1, 0.15) is 6.61 Å². The van der Waals surface area contributed by atoms with Crippen molar-refractivity contribution in [2.45, 2.75) is 39.2 Å². The van der Waals surface area contributed by atoms with Crippen molar-refractivity contribution >= 4 is 18.0 Å². The number of carbonyl (C=O) groups excluding carboxylic acids is 2. The lowest BCUT2D eigenvalue weighted by atomic mass is 9.98. The fraction of sp³-hybridized carbons (Fsp3) is 0.400. The molecule has 2 aromatic rings. The Kier molecular flexibility index (Phi) is 7.51. The lowest BCUT2D eigenvalue weighted by Crippen LogP contribution is -2.44. The molecule has 0 saturated heterocycles. The van der Waals surface area contributed by atoms with Gasteiger partial charge in [-0.2, -0.15) is 0 Å². The molecular weight excluding hydrogens is 408 g/mol. The second-order valence-electron chi connectivity index (χ2n) is 8.38. The Morgan fingerprint density at radius 1 is 1.00 bits per heavy atom. The van der Waals surface area contributed by atoms with E-state index in [0.29, 0.717) is 0 Å². The molecule has 0 bridgehead atoms. The smallest absolute Gasteiger partial charge is 0.407 e. The molecule has 0 fully saturated rings. The molecule has 0 aromatic heterocycles. The molecule has 2 N–H and O–H groups in total. The van der Waals surface area contributed by atoms with Crippen LogP contribution in [-0.4, -0.2) is 53.7 Å². The van der Waals surface area contributed by atoms with Gasteiger partial charge >= 0.3 is 12.1 Å². The Hall–Kier alpha value is -3.35. The maximum atomic E-state index is 12.7. The zero-order chi connectivity index (χ0) is 23.3. The minimum atomic E-state index is -0.951. The first-order valence-corrected chi connectivity index (χ1v) is 10.9. The quantitative estimate of drug-likeness (QED) is 0.620. The van der Waals surface area contributed by atoms with Crippen molar-refractivity contribution in [2.75, 3.05) is 19.7 Å². The largest absolute Gasteiger partial charge is 0.481 e. The molecule has 0 radical (unpaired) electrons. The van der Waals surface area contributed by atoms with Crippen molar-refractivity contribution < 1.29 is 24.2 Å². The van der Waals surface area contributed by atoms with E-state index in [0.717, 1.165) is 22.3 Å². The molecular formula is C25H30N2O5. The number of aliphatic carboxylic acids is 1. The minimum Gasteiger partial charge on any atom is -0.481 e. The lowest BCUT2D eigenvalue weighted by Gasteiger charge is -2.29. The van der Waals surface area contributed by atoms with E-state index in [9.17, 15) is 14.4 Å². The number of rotatable bonds is 9. The number of ether oxygens (including phenoxy) is 1. The number of alkyl carbamates (subject to hydrolysis) is 1. The van der Waals surface area contributed by atoms with Gasteiger partial charge in [0.25, 0.3) is 0 Å². The summed E-state index contributed by atoms with van der Waals surface area (Å²) in [4.78, 5) is 37.4. The molecule has 1 aliphatic rings. The monoisotopic (exact) mass is 438 g/mol. The zero-order valence-electron chi connectivity index (χ0n) is 18.7. The third-order valence-electron chi connectivity index (χ3n) is 5.79. The summed E-state index contributed by atoms with van der Waals surface area (Å²) in [5.41, 5.74) is 4.59. The minimum absolute atomic E-state index is 0.0281. The molecule has 2 aromatic carbocycles. The van der Waals surface area contributed by atoms with Crippen LogP contribution in [0.2, 0.25) is 0 Å². The number of benzene rings is 2. The Morgan fingerprint density at radius 3 is 2.09 bits per heavy atom. The number of carboxylic acids is 1. The molecule has 1 unspecified atom stereocenters. The van der Waals surface area contributed by atoms with E-state index < -0.39 is 18.0 Å². The molecule has 0 aliphatic heterocycles. The molecule has 7 nitrogen and oxygen atoms in total. The highest BCUT2D eigenvalue weighted by atomic mass is 16.5. The first-order valence-electron chi connectivity index (χ1n) is 10.9. The van der Waals surface area contributed by atoms with Gasteiger partial charge in [0, 0.05) is 25.0 Å². The van der Waals surface area contributed by atoms with Gasteiger partial charge in [-0.3, -0.25) is 9.59 Å². The second-order valence-corrected chi connectivity index (χ2v) is 8.38. The van der Waals surface area contributed by atoms with Gasteiger partial charge in [-0.25, -0.2) is 4.79 Å². The van der Waals surface area contributed by atoms with Gasteiger partial charge in [0.05, 0.1) is 12.3 Å². The van der Waals surface area contributed by atoms with E-state index >= 15 is 0 Å². The van der Waals surface area contributed by atoms with Crippen LogP contribution in [0.15, 0.2) is 48.5 Å². The summed E-state index contributed by atoms with van der Waals surface area (Å²) >= 11 is 0. The van der Waals surface area contributed by atoms with Crippen LogP contribution in [0.25, 0.3) is 11.1 Å². The zero-order valence-corrected chi connectivity index (χ0v) is 18.7. The van der Waals surface area contributed by atoms with Crippen molar-refractivity contribution in [1.29, 1.82) is 0 Å². The Labute approximate surface area is 188 Å². The summed E-state index contributed by atoms with van der Waals surface area (Å²) in [5.74, 6) is -1.67. The number of fused-ring (bicyclic) bond motifs is 3. The highest BCUT2D eigenvalue weighted by Gasteiger charge is 2.29. The molecule has 32 heavy (non-hydrogen) atoms. The van der Waals surface area contributed by atoms with Crippen molar-refractivity contribution in [3.8, 4) is 11.1 Å². The van der Waals surface area contributed by atoms with E-state index in [2.05, 4.69) is 29.6 Å². The fourth-order valence-electron chi connectivity index (χ4n) is 4.10. The number of hydrogen-bond acceptors (Lipinski definition) is 4. The number of carboxylic acid groups (broad SMARTS) is 1. The molecule has 1 atom stereocenters. The third-order valence-corrected chi connectivity index (χ3v) is 5.79. The summed E-state index contributed by atoms with van der Waals surface area (Å²) in [7, 11) is 0.